The maximum absolute atomic E-state index is 13.2. The number of hydrogen-bond acceptors (Lipinski definition) is 2. The molecule has 2 aromatic rings. The van der Waals surface area contributed by atoms with Crippen molar-refractivity contribution in [3.63, 3.8) is 0 Å². The third-order valence-corrected chi connectivity index (χ3v) is 3.13. The molecular formula is C14H9BrFNO. The number of ether oxygens (including phenoxy) is 1. The summed E-state index contributed by atoms with van der Waals surface area (Å²) in [5.74, 6) is -0.126. The van der Waals surface area contributed by atoms with Gasteiger partial charge in [-0.15, -0.1) is 0 Å². The Morgan fingerprint density at radius 1 is 1.22 bits per heavy atom. The van der Waals surface area contributed by atoms with Crippen molar-refractivity contribution in [3.8, 4) is 11.8 Å². The van der Waals surface area contributed by atoms with Gasteiger partial charge in [-0.3, -0.25) is 0 Å². The summed E-state index contributed by atoms with van der Waals surface area (Å²) < 4.78 is 19.6. The van der Waals surface area contributed by atoms with Crippen LogP contribution >= 0.6 is 15.9 Å². The molecule has 18 heavy (non-hydrogen) atoms. The van der Waals surface area contributed by atoms with Crippen LogP contribution < -0.4 is 4.74 Å². The molecule has 2 aromatic carbocycles. The van der Waals surface area contributed by atoms with Crippen LogP contribution in [0.4, 0.5) is 4.39 Å². The van der Waals surface area contributed by atoms with E-state index in [-0.39, 0.29) is 5.56 Å². The van der Waals surface area contributed by atoms with E-state index < -0.39 is 5.82 Å². The van der Waals surface area contributed by atoms with Crippen LogP contribution in [-0.4, -0.2) is 0 Å². The van der Waals surface area contributed by atoms with E-state index in [4.69, 9.17) is 10.00 Å². The summed E-state index contributed by atoms with van der Waals surface area (Å²) >= 11 is 3.41. The van der Waals surface area contributed by atoms with Crippen molar-refractivity contribution in [3.05, 3.63) is 63.9 Å². The lowest BCUT2D eigenvalue weighted by Crippen LogP contribution is -1.97. The number of nitriles is 1. The topological polar surface area (TPSA) is 33.0 Å². The van der Waals surface area contributed by atoms with Gasteiger partial charge in [-0.25, -0.2) is 4.39 Å². The quantitative estimate of drug-likeness (QED) is 0.857. The lowest BCUT2D eigenvalue weighted by Gasteiger charge is -2.08. The van der Waals surface area contributed by atoms with Gasteiger partial charge in [-0.2, -0.15) is 5.26 Å². The van der Waals surface area contributed by atoms with Crippen molar-refractivity contribution < 1.29 is 9.13 Å². The Bertz CT molecular complexity index is 607. The first-order valence-electron chi connectivity index (χ1n) is 5.26. The summed E-state index contributed by atoms with van der Waals surface area (Å²) in [5.41, 5.74) is 1.21. The van der Waals surface area contributed by atoms with Crippen molar-refractivity contribution >= 4 is 15.9 Å². The molecule has 0 aliphatic carbocycles. The fourth-order valence-electron chi connectivity index (χ4n) is 1.49. The van der Waals surface area contributed by atoms with Crippen molar-refractivity contribution in [1.29, 1.82) is 5.26 Å². The summed E-state index contributed by atoms with van der Waals surface area (Å²) in [5, 5.41) is 8.74. The molecule has 0 atom stereocenters. The van der Waals surface area contributed by atoms with Crippen LogP contribution in [0, 0.1) is 17.1 Å². The number of nitrogens with zero attached hydrogens (tertiary/aromatic N) is 1. The van der Waals surface area contributed by atoms with Gasteiger partial charge in [-0.1, -0.05) is 34.1 Å². The predicted molar refractivity (Wildman–Crippen MR) is 69.6 cm³/mol. The highest BCUT2D eigenvalue weighted by molar-refractivity contribution is 9.10. The molecule has 0 saturated carbocycles. The molecule has 0 aromatic heterocycles. The van der Waals surface area contributed by atoms with Crippen LogP contribution in [0.2, 0.25) is 0 Å². The Labute approximate surface area is 113 Å². The minimum absolute atomic E-state index is 0.247. The number of rotatable bonds is 3. The highest BCUT2D eigenvalue weighted by Gasteiger charge is 2.03. The first kappa shape index (κ1) is 12.6. The van der Waals surface area contributed by atoms with Crippen LogP contribution in [0.1, 0.15) is 11.1 Å². The summed E-state index contributed by atoms with van der Waals surface area (Å²) in [7, 11) is 0. The molecule has 0 aliphatic rings. The second-order valence-electron chi connectivity index (χ2n) is 3.67. The molecule has 2 nitrogen and oxygen atoms in total. The van der Waals surface area contributed by atoms with Gasteiger partial charge in [0, 0.05) is 16.1 Å². The Balaban J connectivity index is 2.14. The SMILES string of the molecule is N#Cc1cc(F)cc(OCc2ccccc2Br)c1. The average molecular weight is 306 g/mol. The van der Waals surface area contributed by atoms with Gasteiger partial charge in [0.1, 0.15) is 18.2 Å². The molecule has 0 N–H and O–H groups in total. The molecule has 0 spiro atoms. The van der Waals surface area contributed by atoms with Crippen LogP contribution in [-0.2, 0) is 6.61 Å². The van der Waals surface area contributed by atoms with Crippen LogP contribution in [0.25, 0.3) is 0 Å². The van der Waals surface area contributed by atoms with E-state index in [1.54, 1.807) is 0 Å². The molecule has 0 aliphatic heterocycles. The highest BCUT2D eigenvalue weighted by Crippen LogP contribution is 2.20. The zero-order valence-electron chi connectivity index (χ0n) is 9.36. The molecule has 4 heteroatoms. The average Bonchev–Trinajstić information content (AvgIpc) is 2.37. The van der Waals surface area contributed by atoms with E-state index in [2.05, 4.69) is 15.9 Å². The maximum Gasteiger partial charge on any atom is 0.128 e. The molecule has 0 bridgehead atoms. The highest BCUT2D eigenvalue weighted by atomic mass is 79.9. The molecule has 0 saturated heterocycles. The van der Waals surface area contributed by atoms with Gasteiger partial charge in [-0.05, 0) is 18.2 Å². The van der Waals surface area contributed by atoms with Crippen LogP contribution in [0.5, 0.6) is 5.75 Å². The minimum atomic E-state index is -0.476. The van der Waals surface area contributed by atoms with Crippen LogP contribution in [0.15, 0.2) is 46.9 Å². The van der Waals surface area contributed by atoms with Gasteiger partial charge in [0.2, 0.25) is 0 Å². The van der Waals surface area contributed by atoms with Crippen molar-refractivity contribution in [2.24, 2.45) is 0 Å². The summed E-state index contributed by atoms with van der Waals surface area (Å²) in [6, 6.07) is 13.5. The van der Waals surface area contributed by atoms with Gasteiger partial charge < -0.3 is 4.74 Å². The summed E-state index contributed by atoms with van der Waals surface area (Å²) in [4.78, 5) is 0. The fourth-order valence-corrected chi connectivity index (χ4v) is 1.89. The van der Waals surface area contributed by atoms with E-state index in [1.807, 2.05) is 30.3 Å². The van der Waals surface area contributed by atoms with Gasteiger partial charge in [0.15, 0.2) is 0 Å². The molecule has 0 unspecified atom stereocenters. The third kappa shape index (κ3) is 3.08. The molecular weight excluding hydrogens is 297 g/mol. The van der Waals surface area contributed by atoms with Crippen molar-refractivity contribution in [2.75, 3.05) is 0 Å². The van der Waals surface area contributed by atoms with E-state index in [1.165, 1.54) is 18.2 Å². The number of benzene rings is 2. The molecule has 0 radical (unpaired) electrons. The maximum atomic E-state index is 13.2. The first-order chi connectivity index (χ1) is 8.69. The van der Waals surface area contributed by atoms with Gasteiger partial charge in [0.25, 0.3) is 0 Å². The Morgan fingerprint density at radius 2 is 2.00 bits per heavy atom. The Kier molecular flexibility index (Phi) is 3.96. The molecule has 0 fully saturated rings. The lowest BCUT2D eigenvalue weighted by molar-refractivity contribution is 0.304. The van der Waals surface area contributed by atoms with E-state index in [0.717, 1.165) is 10.0 Å². The zero-order chi connectivity index (χ0) is 13.0. The molecule has 0 amide bonds. The fraction of sp³-hybridized carbons (Fsp3) is 0.0714. The van der Waals surface area contributed by atoms with E-state index in [0.29, 0.717) is 12.4 Å². The lowest BCUT2D eigenvalue weighted by atomic mass is 10.2. The molecule has 0 heterocycles. The zero-order valence-corrected chi connectivity index (χ0v) is 10.9. The Morgan fingerprint density at radius 3 is 2.72 bits per heavy atom. The summed E-state index contributed by atoms with van der Waals surface area (Å²) in [6.07, 6.45) is 0. The monoisotopic (exact) mass is 305 g/mol. The van der Waals surface area contributed by atoms with Crippen LogP contribution in [0.3, 0.4) is 0 Å². The number of hydrogen-bond donors (Lipinski definition) is 0. The summed E-state index contributed by atoms with van der Waals surface area (Å²) in [6.45, 7) is 0.315. The predicted octanol–water partition coefficient (Wildman–Crippen LogP) is 4.04. The normalized spacial score (nSPS) is 9.83. The van der Waals surface area contributed by atoms with E-state index >= 15 is 0 Å². The smallest absolute Gasteiger partial charge is 0.128 e. The Hall–Kier alpha value is -1.86. The second-order valence-corrected chi connectivity index (χ2v) is 4.52. The van der Waals surface area contributed by atoms with Gasteiger partial charge >= 0.3 is 0 Å². The first-order valence-corrected chi connectivity index (χ1v) is 6.05. The van der Waals surface area contributed by atoms with E-state index in [9.17, 15) is 4.39 Å². The standard InChI is InChI=1S/C14H9BrFNO/c15-14-4-2-1-3-11(14)9-18-13-6-10(8-17)5-12(16)7-13/h1-7H,9H2. The van der Waals surface area contributed by atoms with Crippen molar-refractivity contribution in [2.45, 2.75) is 6.61 Å². The van der Waals surface area contributed by atoms with Crippen molar-refractivity contribution in [1.82, 2.24) is 0 Å². The van der Waals surface area contributed by atoms with Gasteiger partial charge in [0.05, 0.1) is 11.6 Å². The third-order valence-electron chi connectivity index (χ3n) is 2.35. The molecule has 2 rings (SSSR count). The second kappa shape index (κ2) is 5.65. The molecule has 90 valence electrons. The number of halogens is 2. The minimum Gasteiger partial charge on any atom is -0.489 e. The largest absolute Gasteiger partial charge is 0.489 e.